The van der Waals surface area contributed by atoms with Crippen LogP contribution in [0.25, 0.3) is 0 Å². The van der Waals surface area contributed by atoms with E-state index in [4.69, 9.17) is 0 Å². The minimum absolute atomic E-state index is 0.146. The highest BCUT2D eigenvalue weighted by molar-refractivity contribution is 7.13. The molecule has 1 saturated carbocycles. The summed E-state index contributed by atoms with van der Waals surface area (Å²) in [7, 11) is 0. The molecule has 0 aliphatic heterocycles. The van der Waals surface area contributed by atoms with Gasteiger partial charge in [-0.3, -0.25) is 4.79 Å². The van der Waals surface area contributed by atoms with Crippen LogP contribution in [-0.2, 0) is 6.42 Å². The van der Waals surface area contributed by atoms with Crippen LogP contribution in [0, 0.1) is 11.7 Å². The molecule has 1 aliphatic rings. The first-order chi connectivity index (χ1) is 11.1. The van der Waals surface area contributed by atoms with Crippen molar-refractivity contribution in [3.63, 3.8) is 0 Å². The van der Waals surface area contributed by atoms with Crippen molar-refractivity contribution in [1.82, 2.24) is 10.3 Å². The smallest absolute Gasteiger partial charge is 0.263 e. The molecule has 2 unspecified atom stereocenters. The lowest BCUT2D eigenvalue weighted by molar-refractivity contribution is 0.0920. The molecule has 3 rings (SSSR count). The maximum absolute atomic E-state index is 12.9. The van der Waals surface area contributed by atoms with Crippen molar-refractivity contribution in [3.8, 4) is 0 Å². The van der Waals surface area contributed by atoms with Gasteiger partial charge in [-0.2, -0.15) is 0 Å². The van der Waals surface area contributed by atoms with Crippen molar-refractivity contribution in [2.24, 2.45) is 5.92 Å². The van der Waals surface area contributed by atoms with Gasteiger partial charge in [0, 0.05) is 18.9 Å². The number of carbonyl (C=O) groups excluding carboxylic acids is 1. The van der Waals surface area contributed by atoms with Crippen molar-refractivity contribution in [3.05, 3.63) is 51.7 Å². The van der Waals surface area contributed by atoms with Crippen LogP contribution in [0.3, 0.4) is 0 Å². The van der Waals surface area contributed by atoms with Gasteiger partial charge in [0.05, 0.1) is 17.3 Å². The van der Waals surface area contributed by atoms with Gasteiger partial charge in [-0.15, -0.1) is 11.3 Å². The zero-order valence-electron chi connectivity index (χ0n) is 12.7. The number of benzene rings is 1. The quantitative estimate of drug-likeness (QED) is 0.884. The molecule has 1 aromatic carbocycles. The first kappa shape index (κ1) is 16.1. The number of amides is 1. The molecule has 4 nitrogen and oxygen atoms in total. The molecule has 1 aromatic heterocycles. The third-order valence-electron chi connectivity index (χ3n) is 4.19. The molecule has 2 N–H and O–H groups in total. The predicted octanol–water partition coefficient (Wildman–Crippen LogP) is 2.76. The molecular weight excluding hydrogens is 315 g/mol. The van der Waals surface area contributed by atoms with E-state index in [0.717, 1.165) is 29.8 Å². The molecule has 0 spiro atoms. The van der Waals surface area contributed by atoms with Crippen LogP contribution in [0.5, 0.6) is 0 Å². The van der Waals surface area contributed by atoms with Crippen molar-refractivity contribution in [2.45, 2.75) is 31.8 Å². The third-order valence-corrected chi connectivity index (χ3v) is 5.19. The molecule has 6 heteroatoms. The standard InChI is InChI=1S/C17H19FN2O2S/c18-13-6-4-11(5-7-13)8-16-19-10-15(23-16)17(22)20-9-12-2-1-3-14(12)21/h4-7,10,12,14,21H,1-3,8-9H2,(H,20,22). The van der Waals surface area contributed by atoms with Crippen LogP contribution in [0.15, 0.2) is 30.5 Å². The number of thiazole rings is 1. The van der Waals surface area contributed by atoms with E-state index in [0.29, 0.717) is 17.8 Å². The van der Waals surface area contributed by atoms with E-state index in [1.165, 1.54) is 23.5 Å². The SMILES string of the molecule is O=C(NCC1CCCC1O)c1cnc(Cc2ccc(F)cc2)s1. The summed E-state index contributed by atoms with van der Waals surface area (Å²) >= 11 is 1.34. The molecule has 2 aromatic rings. The number of aliphatic hydroxyl groups is 1. The summed E-state index contributed by atoms with van der Waals surface area (Å²) in [5.41, 5.74) is 0.960. The Morgan fingerprint density at radius 3 is 2.83 bits per heavy atom. The van der Waals surface area contributed by atoms with Crippen molar-refractivity contribution < 1.29 is 14.3 Å². The largest absolute Gasteiger partial charge is 0.393 e. The molecule has 1 heterocycles. The molecular formula is C17H19FN2O2S. The molecule has 1 fully saturated rings. The Balaban J connectivity index is 1.55. The first-order valence-corrected chi connectivity index (χ1v) is 8.59. The maximum atomic E-state index is 12.9. The highest BCUT2D eigenvalue weighted by Gasteiger charge is 2.25. The van der Waals surface area contributed by atoms with E-state index in [9.17, 15) is 14.3 Å². The van der Waals surface area contributed by atoms with Crippen LogP contribution < -0.4 is 5.32 Å². The van der Waals surface area contributed by atoms with Crippen molar-refractivity contribution >= 4 is 17.2 Å². The normalized spacial score (nSPS) is 20.6. The highest BCUT2D eigenvalue weighted by Crippen LogP contribution is 2.25. The Bertz CT molecular complexity index is 671. The Morgan fingerprint density at radius 1 is 1.35 bits per heavy atom. The van der Waals surface area contributed by atoms with E-state index >= 15 is 0 Å². The molecule has 2 atom stereocenters. The van der Waals surface area contributed by atoms with Gasteiger partial charge in [0.15, 0.2) is 0 Å². The number of hydrogen-bond acceptors (Lipinski definition) is 4. The predicted molar refractivity (Wildman–Crippen MR) is 87.0 cm³/mol. The summed E-state index contributed by atoms with van der Waals surface area (Å²) in [5, 5.41) is 13.5. The average Bonchev–Trinajstić information content (AvgIpc) is 3.16. The second-order valence-electron chi connectivity index (χ2n) is 5.89. The maximum Gasteiger partial charge on any atom is 0.263 e. The number of halogens is 1. The Morgan fingerprint density at radius 2 is 2.13 bits per heavy atom. The van der Waals surface area contributed by atoms with Crippen LogP contribution in [-0.4, -0.2) is 28.6 Å². The number of nitrogens with zero attached hydrogens (tertiary/aromatic N) is 1. The second kappa shape index (κ2) is 7.19. The van der Waals surface area contributed by atoms with Gasteiger partial charge >= 0.3 is 0 Å². The molecule has 1 aliphatic carbocycles. The monoisotopic (exact) mass is 334 g/mol. The number of hydrogen-bond donors (Lipinski definition) is 2. The molecule has 1 amide bonds. The summed E-state index contributed by atoms with van der Waals surface area (Å²) < 4.78 is 12.9. The van der Waals surface area contributed by atoms with Crippen LogP contribution in [0.4, 0.5) is 4.39 Å². The van der Waals surface area contributed by atoms with E-state index in [1.807, 2.05) is 0 Å². The van der Waals surface area contributed by atoms with Crippen LogP contribution >= 0.6 is 11.3 Å². The summed E-state index contributed by atoms with van der Waals surface area (Å²) in [6, 6.07) is 6.28. The van der Waals surface area contributed by atoms with Gasteiger partial charge in [0.25, 0.3) is 5.91 Å². The Labute approximate surface area is 138 Å². The van der Waals surface area contributed by atoms with Crippen LogP contribution in [0.2, 0.25) is 0 Å². The average molecular weight is 334 g/mol. The topological polar surface area (TPSA) is 62.2 Å². The van der Waals surface area contributed by atoms with Crippen molar-refractivity contribution in [1.29, 1.82) is 0 Å². The fourth-order valence-electron chi connectivity index (χ4n) is 2.84. The van der Waals surface area contributed by atoms with Gasteiger partial charge in [-0.05, 0) is 30.5 Å². The number of rotatable bonds is 5. The van der Waals surface area contributed by atoms with Crippen LogP contribution in [0.1, 0.15) is 39.5 Å². The molecule has 0 bridgehead atoms. The molecule has 0 saturated heterocycles. The lowest BCUT2D eigenvalue weighted by Gasteiger charge is -2.14. The Hall–Kier alpha value is -1.79. The van der Waals surface area contributed by atoms with E-state index in [-0.39, 0.29) is 23.7 Å². The van der Waals surface area contributed by atoms with Gasteiger partial charge in [0.1, 0.15) is 10.7 Å². The Kier molecular flexibility index (Phi) is 5.03. The zero-order chi connectivity index (χ0) is 16.2. The van der Waals surface area contributed by atoms with Gasteiger partial charge < -0.3 is 10.4 Å². The van der Waals surface area contributed by atoms with Gasteiger partial charge in [-0.25, -0.2) is 9.37 Å². The van der Waals surface area contributed by atoms with Crippen molar-refractivity contribution in [2.75, 3.05) is 6.54 Å². The van der Waals surface area contributed by atoms with E-state index < -0.39 is 0 Å². The lowest BCUT2D eigenvalue weighted by Crippen LogP contribution is -2.32. The van der Waals surface area contributed by atoms with Gasteiger partial charge in [-0.1, -0.05) is 18.6 Å². The summed E-state index contributed by atoms with van der Waals surface area (Å²) in [6.45, 7) is 0.505. The molecule has 0 radical (unpaired) electrons. The summed E-state index contributed by atoms with van der Waals surface area (Å²) in [5.74, 6) is -0.250. The third kappa shape index (κ3) is 4.14. The summed E-state index contributed by atoms with van der Waals surface area (Å²) in [6.07, 6.45) is 4.65. The minimum Gasteiger partial charge on any atom is -0.393 e. The number of aromatic nitrogens is 1. The first-order valence-electron chi connectivity index (χ1n) is 7.77. The van der Waals surface area contributed by atoms with E-state index in [2.05, 4.69) is 10.3 Å². The minimum atomic E-state index is -0.300. The number of aliphatic hydroxyl groups excluding tert-OH is 1. The fourth-order valence-corrected chi connectivity index (χ4v) is 3.71. The summed E-state index contributed by atoms with van der Waals surface area (Å²) in [4.78, 5) is 17.0. The fraction of sp³-hybridized carbons (Fsp3) is 0.412. The molecule has 23 heavy (non-hydrogen) atoms. The second-order valence-corrected chi connectivity index (χ2v) is 7.01. The molecule has 122 valence electrons. The lowest BCUT2D eigenvalue weighted by atomic mass is 10.1. The number of carbonyl (C=O) groups is 1. The van der Waals surface area contributed by atoms with Gasteiger partial charge in [0.2, 0.25) is 0 Å². The highest BCUT2D eigenvalue weighted by atomic mass is 32.1. The zero-order valence-corrected chi connectivity index (χ0v) is 13.5. The van der Waals surface area contributed by atoms with E-state index in [1.54, 1.807) is 18.3 Å². The number of nitrogens with one attached hydrogen (secondary N) is 1.